The van der Waals surface area contributed by atoms with Crippen LogP contribution in [0.15, 0.2) is 66.7 Å². The van der Waals surface area contributed by atoms with E-state index in [2.05, 4.69) is 5.32 Å². The van der Waals surface area contributed by atoms with Crippen LogP contribution < -0.4 is 10.2 Å². The lowest BCUT2D eigenvalue weighted by molar-refractivity contribution is 0.0949. The maximum atomic E-state index is 13.0. The quantitative estimate of drug-likeness (QED) is 0.726. The molecule has 0 unspecified atom stereocenters. The number of fused-ring (bicyclic) bond motifs is 1. The standard InChI is InChI=1S/C25H21N3O2/c1-17-3-2-4-22(13-17)25(30)28-12-11-20-8-7-19(14-23(20)28)16-27-24(29)21-9-5-18(15-26)6-10-21/h2-10,13-14H,11-12,16H2,1H3,(H,27,29). The Morgan fingerprint density at radius 1 is 1.03 bits per heavy atom. The number of carbonyl (C=O) groups is 2. The summed E-state index contributed by atoms with van der Waals surface area (Å²) in [5.74, 6) is -0.205. The summed E-state index contributed by atoms with van der Waals surface area (Å²) in [5, 5.41) is 11.8. The fraction of sp³-hybridized carbons (Fsp3) is 0.160. The Hall–Kier alpha value is -3.91. The van der Waals surface area contributed by atoms with Crippen LogP contribution in [-0.2, 0) is 13.0 Å². The number of carbonyl (C=O) groups excluding carboxylic acids is 2. The van der Waals surface area contributed by atoms with Crippen LogP contribution in [0.3, 0.4) is 0 Å². The molecule has 0 radical (unpaired) electrons. The highest BCUT2D eigenvalue weighted by atomic mass is 16.2. The molecule has 0 saturated carbocycles. The zero-order chi connectivity index (χ0) is 21.1. The first-order chi connectivity index (χ1) is 14.5. The normalized spacial score (nSPS) is 12.2. The zero-order valence-electron chi connectivity index (χ0n) is 16.7. The van der Waals surface area contributed by atoms with E-state index in [9.17, 15) is 9.59 Å². The second kappa shape index (κ2) is 8.22. The lowest BCUT2D eigenvalue weighted by Gasteiger charge is -2.18. The van der Waals surface area contributed by atoms with Gasteiger partial charge in [0.25, 0.3) is 11.8 Å². The fourth-order valence-electron chi connectivity index (χ4n) is 3.66. The molecule has 3 aromatic carbocycles. The Balaban J connectivity index is 1.48. The van der Waals surface area contributed by atoms with E-state index < -0.39 is 0 Å². The Morgan fingerprint density at radius 2 is 1.83 bits per heavy atom. The lowest BCUT2D eigenvalue weighted by Crippen LogP contribution is -2.29. The van der Waals surface area contributed by atoms with Gasteiger partial charge in [0.05, 0.1) is 11.6 Å². The fourth-order valence-corrected chi connectivity index (χ4v) is 3.66. The Morgan fingerprint density at radius 3 is 2.57 bits per heavy atom. The highest BCUT2D eigenvalue weighted by molar-refractivity contribution is 6.07. The number of rotatable bonds is 4. The van der Waals surface area contributed by atoms with Gasteiger partial charge in [0.1, 0.15) is 0 Å². The predicted octanol–water partition coefficient (Wildman–Crippen LogP) is 4.00. The first-order valence-electron chi connectivity index (χ1n) is 9.84. The van der Waals surface area contributed by atoms with Crippen molar-refractivity contribution in [3.05, 3.63) is 100 Å². The van der Waals surface area contributed by atoms with E-state index in [1.54, 1.807) is 24.3 Å². The van der Waals surface area contributed by atoms with Crippen molar-refractivity contribution < 1.29 is 9.59 Å². The molecule has 0 atom stereocenters. The summed E-state index contributed by atoms with van der Waals surface area (Å²) in [6, 6.07) is 22.2. The molecule has 3 aromatic rings. The van der Waals surface area contributed by atoms with Gasteiger partial charge < -0.3 is 10.2 Å². The SMILES string of the molecule is Cc1cccc(C(=O)N2CCc3ccc(CNC(=O)c4ccc(C#N)cc4)cc32)c1. The Kier molecular flexibility index (Phi) is 5.32. The number of aryl methyl sites for hydroxylation is 1. The maximum absolute atomic E-state index is 13.0. The van der Waals surface area contributed by atoms with Crippen molar-refractivity contribution in [1.82, 2.24) is 5.32 Å². The topological polar surface area (TPSA) is 73.2 Å². The highest BCUT2D eigenvalue weighted by Gasteiger charge is 2.25. The number of anilines is 1. The predicted molar refractivity (Wildman–Crippen MR) is 115 cm³/mol. The minimum atomic E-state index is -0.201. The molecule has 0 spiro atoms. The van der Waals surface area contributed by atoms with Gasteiger partial charge in [0.2, 0.25) is 0 Å². The minimum Gasteiger partial charge on any atom is -0.348 e. The third kappa shape index (κ3) is 3.94. The minimum absolute atomic E-state index is 0.00350. The largest absolute Gasteiger partial charge is 0.348 e. The zero-order valence-corrected chi connectivity index (χ0v) is 16.7. The molecule has 0 saturated heterocycles. The third-order valence-corrected chi connectivity index (χ3v) is 5.28. The molecule has 1 N–H and O–H groups in total. The molecule has 1 heterocycles. The molecule has 1 aliphatic rings. The van der Waals surface area contributed by atoms with E-state index in [0.717, 1.165) is 28.8 Å². The van der Waals surface area contributed by atoms with Gasteiger partial charge >= 0.3 is 0 Å². The summed E-state index contributed by atoms with van der Waals surface area (Å²) >= 11 is 0. The molecular formula is C25H21N3O2. The van der Waals surface area contributed by atoms with Gasteiger partial charge in [-0.05, 0) is 66.9 Å². The summed E-state index contributed by atoms with van der Waals surface area (Å²) in [6.45, 7) is 2.99. The van der Waals surface area contributed by atoms with Crippen LogP contribution >= 0.6 is 0 Å². The van der Waals surface area contributed by atoms with Gasteiger partial charge in [0, 0.05) is 29.9 Å². The van der Waals surface area contributed by atoms with E-state index in [0.29, 0.717) is 29.8 Å². The number of nitriles is 1. The van der Waals surface area contributed by atoms with Crippen molar-refractivity contribution in [3.8, 4) is 6.07 Å². The number of nitrogens with zero attached hydrogens (tertiary/aromatic N) is 2. The summed E-state index contributed by atoms with van der Waals surface area (Å²) in [4.78, 5) is 27.2. The third-order valence-electron chi connectivity index (χ3n) is 5.28. The van der Waals surface area contributed by atoms with Gasteiger partial charge in [-0.3, -0.25) is 9.59 Å². The maximum Gasteiger partial charge on any atom is 0.258 e. The first kappa shape index (κ1) is 19.4. The van der Waals surface area contributed by atoms with Gasteiger partial charge in [-0.15, -0.1) is 0 Å². The van der Waals surface area contributed by atoms with Crippen molar-refractivity contribution in [2.45, 2.75) is 19.9 Å². The molecule has 0 aromatic heterocycles. The molecule has 4 rings (SSSR count). The number of amides is 2. The molecule has 30 heavy (non-hydrogen) atoms. The van der Waals surface area contributed by atoms with Crippen molar-refractivity contribution in [1.29, 1.82) is 5.26 Å². The number of hydrogen-bond acceptors (Lipinski definition) is 3. The lowest BCUT2D eigenvalue weighted by atomic mass is 10.1. The Bertz CT molecular complexity index is 1160. The molecule has 148 valence electrons. The summed E-state index contributed by atoms with van der Waals surface area (Å²) in [7, 11) is 0. The molecular weight excluding hydrogens is 374 g/mol. The summed E-state index contributed by atoms with van der Waals surface area (Å²) < 4.78 is 0. The first-order valence-corrected chi connectivity index (χ1v) is 9.84. The van der Waals surface area contributed by atoms with Crippen molar-refractivity contribution >= 4 is 17.5 Å². The monoisotopic (exact) mass is 395 g/mol. The molecule has 0 bridgehead atoms. The second-order valence-corrected chi connectivity index (χ2v) is 7.41. The smallest absolute Gasteiger partial charge is 0.258 e. The van der Waals surface area contributed by atoms with Crippen LogP contribution in [0.25, 0.3) is 0 Å². The van der Waals surface area contributed by atoms with Crippen molar-refractivity contribution in [2.75, 3.05) is 11.4 Å². The van der Waals surface area contributed by atoms with E-state index in [4.69, 9.17) is 5.26 Å². The van der Waals surface area contributed by atoms with Crippen LogP contribution in [0, 0.1) is 18.3 Å². The molecule has 0 fully saturated rings. The number of nitrogens with one attached hydrogen (secondary N) is 1. The van der Waals surface area contributed by atoms with Crippen LogP contribution in [0.1, 0.15) is 43.0 Å². The van der Waals surface area contributed by atoms with Crippen LogP contribution in [-0.4, -0.2) is 18.4 Å². The number of benzene rings is 3. The van der Waals surface area contributed by atoms with Gasteiger partial charge in [0.15, 0.2) is 0 Å². The van der Waals surface area contributed by atoms with Crippen LogP contribution in [0.2, 0.25) is 0 Å². The molecule has 0 aliphatic carbocycles. The van der Waals surface area contributed by atoms with Crippen molar-refractivity contribution in [3.63, 3.8) is 0 Å². The average molecular weight is 395 g/mol. The van der Waals surface area contributed by atoms with Crippen LogP contribution in [0.4, 0.5) is 5.69 Å². The van der Waals surface area contributed by atoms with E-state index in [1.807, 2.05) is 60.4 Å². The Labute approximate surface area is 175 Å². The molecule has 2 amide bonds. The van der Waals surface area contributed by atoms with Gasteiger partial charge in [-0.1, -0.05) is 29.8 Å². The summed E-state index contributed by atoms with van der Waals surface area (Å²) in [6.07, 6.45) is 0.824. The van der Waals surface area contributed by atoms with Gasteiger partial charge in [-0.25, -0.2) is 0 Å². The van der Waals surface area contributed by atoms with E-state index >= 15 is 0 Å². The average Bonchev–Trinajstić information content (AvgIpc) is 3.20. The molecule has 1 aliphatic heterocycles. The van der Waals surface area contributed by atoms with Gasteiger partial charge in [-0.2, -0.15) is 5.26 Å². The van der Waals surface area contributed by atoms with E-state index in [-0.39, 0.29) is 11.8 Å². The second-order valence-electron chi connectivity index (χ2n) is 7.41. The molecule has 5 nitrogen and oxygen atoms in total. The van der Waals surface area contributed by atoms with Crippen LogP contribution in [0.5, 0.6) is 0 Å². The van der Waals surface area contributed by atoms with Crippen molar-refractivity contribution in [2.24, 2.45) is 0 Å². The number of hydrogen-bond donors (Lipinski definition) is 1. The molecule has 5 heteroatoms. The van der Waals surface area contributed by atoms with E-state index in [1.165, 1.54) is 0 Å². The summed E-state index contributed by atoms with van der Waals surface area (Å²) in [5.41, 5.74) is 5.74. The highest BCUT2D eigenvalue weighted by Crippen LogP contribution is 2.30.